The lowest BCUT2D eigenvalue weighted by Crippen LogP contribution is -2.15. The zero-order valence-electron chi connectivity index (χ0n) is 14.7. The number of hydrogen-bond acceptors (Lipinski definition) is 5. The molecule has 0 aliphatic heterocycles. The van der Waals surface area contributed by atoms with Crippen LogP contribution < -0.4 is 15.8 Å². The second-order valence-electron chi connectivity index (χ2n) is 5.78. The quantitative estimate of drug-likeness (QED) is 0.626. The highest BCUT2D eigenvalue weighted by molar-refractivity contribution is 7.13. The van der Waals surface area contributed by atoms with Crippen LogP contribution >= 0.6 is 22.9 Å². The van der Waals surface area contributed by atoms with Crippen molar-refractivity contribution in [2.45, 2.75) is 13.5 Å². The first-order chi connectivity index (χ1) is 13.3. The summed E-state index contributed by atoms with van der Waals surface area (Å²) in [5.41, 5.74) is 5.62. The molecule has 6 nitrogen and oxygen atoms in total. The van der Waals surface area contributed by atoms with Crippen LogP contribution in [0.4, 0.5) is 10.1 Å². The first-order valence-electron chi connectivity index (χ1n) is 8.09. The molecular formula is C19H15ClFN3O3S. The molecule has 0 fully saturated rings. The average molecular weight is 420 g/mol. The SMILES string of the molecule is Cc1nc(COc2ccc(Cl)cc2)sc1C(=O)Nc1ccc(F)c(C(N)=O)c1. The van der Waals surface area contributed by atoms with Crippen LogP contribution in [0.1, 0.15) is 30.7 Å². The number of nitrogens with two attached hydrogens (primary N) is 1. The van der Waals surface area contributed by atoms with Gasteiger partial charge in [-0.2, -0.15) is 0 Å². The molecule has 0 aliphatic rings. The molecule has 0 saturated carbocycles. The van der Waals surface area contributed by atoms with Gasteiger partial charge in [0.1, 0.15) is 28.1 Å². The molecule has 2 amide bonds. The maximum atomic E-state index is 13.6. The molecule has 0 aliphatic carbocycles. The normalized spacial score (nSPS) is 10.5. The summed E-state index contributed by atoms with van der Waals surface area (Å²) < 4.78 is 19.2. The van der Waals surface area contributed by atoms with Crippen molar-refractivity contribution < 1.29 is 18.7 Å². The molecule has 1 heterocycles. The first-order valence-corrected chi connectivity index (χ1v) is 9.28. The number of halogens is 2. The zero-order chi connectivity index (χ0) is 20.3. The van der Waals surface area contributed by atoms with Gasteiger partial charge in [-0.05, 0) is 49.4 Å². The number of carbonyl (C=O) groups excluding carboxylic acids is 2. The Labute approximate surface area is 169 Å². The third-order valence-electron chi connectivity index (χ3n) is 3.71. The predicted molar refractivity (Wildman–Crippen MR) is 106 cm³/mol. The Balaban J connectivity index is 1.70. The van der Waals surface area contributed by atoms with Crippen molar-refractivity contribution in [2.24, 2.45) is 5.73 Å². The van der Waals surface area contributed by atoms with Gasteiger partial charge < -0.3 is 15.8 Å². The van der Waals surface area contributed by atoms with E-state index in [1.165, 1.54) is 23.5 Å². The van der Waals surface area contributed by atoms with Gasteiger partial charge in [-0.1, -0.05) is 11.6 Å². The van der Waals surface area contributed by atoms with Crippen LogP contribution in [0, 0.1) is 12.7 Å². The summed E-state index contributed by atoms with van der Waals surface area (Å²) in [6, 6.07) is 10.5. The minimum Gasteiger partial charge on any atom is -0.486 e. The van der Waals surface area contributed by atoms with Crippen LogP contribution in [0.25, 0.3) is 0 Å². The predicted octanol–water partition coefficient (Wildman–Crippen LogP) is 4.17. The second-order valence-corrected chi connectivity index (χ2v) is 7.30. The van der Waals surface area contributed by atoms with Gasteiger partial charge in [0.25, 0.3) is 11.8 Å². The standard InChI is InChI=1S/C19H15ClFN3O3S/c1-10-17(19(26)24-12-4-7-15(21)14(8-12)18(22)25)28-16(23-10)9-27-13-5-2-11(20)3-6-13/h2-8H,9H2,1H3,(H2,22,25)(H,24,26). The van der Waals surface area contributed by atoms with Crippen LogP contribution in [-0.4, -0.2) is 16.8 Å². The Kier molecular flexibility index (Phi) is 5.91. The lowest BCUT2D eigenvalue weighted by molar-refractivity contribution is 0.0993. The van der Waals surface area contributed by atoms with E-state index in [1.807, 2.05) is 0 Å². The van der Waals surface area contributed by atoms with Crippen molar-refractivity contribution in [1.29, 1.82) is 0 Å². The number of primary amides is 1. The highest BCUT2D eigenvalue weighted by Crippen LogP contribution is 2.23. The van der Waals surface area contributed by atoms with E-state index in [-0.39, 0.29) is 17.9 Å². The summed E-state index contributed by atoms with van der Waals surface area (Å²) in [7, 11) is 0. The molecule has 0 unspecified atom stereocenters. The largest absolute Gasteiger partial charge is 0.486 e. The highest BCUT2D eigenvalue weighted by atomic mass is 35.5. The molecule has 144 valence electrons. The summed E-state index contributed by atoms with van der Waals surface area (Å²) in [5.74, 6) is -1.45. The summed E-state index contributed by atoms with van der Waals surface area (Å²) in [4.78, 5) is 28.5. The van der Waals surface area contributed by atoms with Crippen molar-refractivity contribution in [3.05, 3.63) is 74.4 Å². The number of aromatic nitrogens is 1. The van der Waals surface area contributed by atoms with Gasteiger partial charge in [0, 0.05) is 10.7 Å². The fraction of sp³-hybridized carbons (Fsp3) is 0.105. The summed E-state index contributed by atoms with van der Waals surface area (Å²) in [6.45, 7) is 1.90. The van der Waals surface area contributed by atoms with Gasteiger partial charge in [-0.15, -0.1) is 11.3 Å². The van der Waals surface area contributed by atoms with E-state index in [2.05, 4.69) is 10.3 Å². The Morgan fingerprint density at radius 1 is 1.25 bits per heavy atom. The molecule has 3 rings (SSSR count). The molecule has 28 heavy (non-hydrogen) atoms. The number of rotatable bonds is 6. The van der Waals surface area contributed by atoms with Crippen LogP contribution in [0.3, 0.4) is 0 Å². The number of benzene rings is 2. The number of thiazole rings is 1. The molecule has 0 atom stereocenters. The third-order valence-corrected chi connectivity index (χ3v) is 5.09. The summed E-state index contributed by atoms with van der Waals surface area (Å²) in [5, 5.41) is 3.84. The van der Waals surface area contributed by atoms with Crippen molar-refractivity contribution >= 4 is 40.4 Å². The lowest BCUT2D eigenvalue weighted by atomic mass is 10.1. The molecule has 1 aromatic heterocycles. The first kappa shape index (κ1) is 19.8. The number of aryl methyl sites for hydroxylation is 1. The van der Waals surface area contributed by atoms with Gasteiger partial charge in [0.05, 0.1) is 11.3 Å². The minimum atomic E-state index is -0.913. The van der Waals surface area contributed by atoms with Gasteiger partial charge in [-0.25, -0.2) is 9.37 Å². The van der Waals surface area contributed by atoms with Crippen molar-refractivity contribution in [2.75, 3.05) is 5.32 Å². The van der Waals surface area contributed by atoms with E-state index >= 15 is 0 Å². The molecule has 0 bridgehead atoms. The highest BCUT2D eigenvalue weighted by Gasteiger charge is 2.17. The molecule has 0 spiro atoms. The van der Waals surface area contributed by atoms with Crippen molar-refractivity contribution in [1.82, 2.24) is 4.98 Å². The number of nitrogens with zero attached hydrogens (tertiary/aromatic N) is 1. The van der Waals surface area contributed by atoms with Crippen molar-refractivity contribution in [3.63, 3.8) is 0 Å². The fourth-order valence-corrected chi connectivity index (χ4v) is 3.38. The molecule has 9 heteroatoms. The van der Waals surface area contributed by atoms with E-state index in [0.717, 1.165) is 6.07 Å². The van der Waals surface area contributed by atoms with Gasteiger partial charge in [0.2, 0.25) is 0 Å². The number of anilines is 1. The van der Waals surface area contributed by atoms with E-state index in [0.29, 0.717) is 26.4 Å². The van der Waals surface area contributed by atoms with Crippen LogP contribution in [0.5, 0.6) is 5.75 Å². The van der Waals surface area contributed by atoms with E-state index in [1.54, 1.807) is 31.2 Å². The molecule has 2 aromatic carbocycles. The number of carbonyl (C=O) groups is 2. The topological polar surface area (TPSA) is 94.3 Å². The van der Waals surface area contributed by atoms with Gasteiger partial charge in [-0.3, -0.25) is 9.59 Å². The Hall–Kier alpha value is -2.97. The number of nitrogens with one attached hydrogen (secondary N) is 1. The van der Waals surface area contributed by atoms with E-state index in [9.17, 15) is 14.0 Å². The Bertz CT molecular complexity index is 1040. The smallest absolute Gasteiger partial charge is 0.267 e. The Morgan fingerprint density at radius 3 is 2.64 bits per heavy atom. The minimum absolute atomic E-state index is 0.197. The van der Waals surface area contributed by atoms with E-state index in [4.69, 9.17) is 22.1 Å². The fourth-order valence-electron chi connectivity index (χ4n) is 2.38. The zero-order valence-corrected chi connectivity index (χ0v) is 16.2. The number of ether oxygens (including phenoxy) is 1. The maximum Gasteiger partial charge on any atom is 0.267 e. The van der Waals surface area contributed by atoms with Crippen LogP contribution in [0.2, 0.25) is 5.02 Å². The van der Waals surface area contributed by atoms with E-state index < -0.39 is 17.6 Å². The molecular weight excluding hydrogens is 405 g/mol. The summed E-state index contributed by atoms with van der Waals surface area (Å²) >= 11 is 7.02. The van der Waals surface area contributed by atoms with Crippen LogP contribution in [-0.2, 0) is 6.61 Å². The second kappa shape index (κ2) is 8.37. The average Bonchev–Trinajstić information content (AvgIpc) is 3.03. The van der Waals surface area contributed by atoms with Crippen molar-refractivity contribution in [3.8, 4) is 5.75 Å². The lowest BCUT2D eigenvalue weighted by Gasteiger charge is -2.06. The Morgan fingerprint density at radius 2 is 1.96 bits per heavy atom. The van der Waals surface area contributed by atoms with Crippen LogP contribution in [0.15, 0.2) is 42.5 Å². The maximum absolute atomic E-state index is 13.6. The van der Waals surface area contributed by atoms with Gasteiger partial charge in [0.15, 0.2) is 0 Å². The number of hydrogen-bond donors (Lipinski definition) is 2. The molecule has 3 aromatic rings. The molecule has 3 N–H and O–H groups in total. The summed E-state index contributed by atoms with van der Waals surface area (Å²) in [6.07, 6.45) is 0. The number of amides is 2. The third kappa shape index (κ3) is 4.65. The molecule has 0 radical (unpaired) electrons. The monoisotopic (exact) mass is 419 g/mol. The molecule has 0 saturated heterocycles. The van der Waals surface area contributed by atoms with Gasteiger partial charge >= 0.3 is 0 Å².